The molecule has 0 aliphatic rings. The van der Waals surface area contributed by atoms with Gasteiger partial charge >= 0.3 is 0 Å². The lowest BCUT2D eigenvalue weighted by Gasteiger charge is -1.90. The van der Waals surface area contributed by atoms with Gasteiger partial charge in [0.15, 0.2) is 0 Å². The largest absolute Gasteiger partial charge is 0.312 e. The van der Waals surface area contributed by atoms with E-state index in [1.54, 1.807) is 0 Å². The van der Waals surface area contributed by atoms with E-state index in [9.17, 15) is 0 Å². The second-order valence-electron chi connectivity index (χ2n) is 2.65. The Morgan fingerprint density at radius 1 is 1.30 bits per heavy atom. The Labute approximate surface area is 65.4 Å². The van der Waals surface area contributed by atoms with E-state index >= 15 is 0 Å². The third-order valence-electron chi connectivity index (χ3n) is 0.675. The Bertz CT molecular complexity index is 76.5. The number of nitrogens with zero attached hydrogens (tertiary/aromatic N) is 1. The van der Waals surface area contributed by atoms with Gasteiger partial charge in [-0.15, -0.1) is 12.3 Å². The molecule has 60 valence electrons. The summed E-state index contributed by atoms with van der Waals surface area (Å²) in [5, 5.41) is 0. The van der Waals surface area contributed by atoms with Gasteiger partial charge in [0.2, 0.25) is 0 Å². The molecule has 1 nitrogen and oxygen atoms in total. The third kappa shape index (κ3) is 50.3. The zero-order valence-electron chi connectivity index (χ0n) is 7.65. The van der Waals surface area contributed by atoms with Crippen LogP contribution in [0.25, 0.3) is 0 Å². The molecule has 0 aliphatic carbocycles. The van der Waals surface area contributed by atoms with Crippen LogP contribution in [-0.4, -0.2) is 26.0 Å². The van der Waals surface area contributed by atoms with Crippen LogP contribution in [0.1, 0.15) is 26.2 Å². The molecular weight excluding hydrogens is 122 g/mol. The number of hydrogen-bond donors (Lipinski definition) is 0. The van der Waals surface area contributed by atoms with Crippen LogP contribution in [0.15, 0.2) is 0 Å². The molecule has 0 N–H and O–H groups in total. The minimum absolute atomic E-state index is 0.941. The molecule has 0 heterocycles. The maximum absolute atomic E-state index is 4.96. The van der Waals surface area contributed by atoms with Crippen molar-refractivity contribution in [2.24, 2.45) is 0 Å². The number of unbranched alkanes of at least 4 members (excludes halogenated alkanes) is 2. The molecule has 0 amide bonds. The summed E-state index contributed by atoms with van der Waals surface area (Å²) in [7, 11) is 6.00. The molecule has 0 aliphatic heterocycles. The van der Waals surface area contributed by atoms with Crippen LogP contribution in [0.3, 0.4) is 0 Å². The topological polar surface area (TPSA) is 3.24 Å². The highest BCUT2D eigenvalue weighted by Crippen LogP contribution is 1.88. The fourth-order valence-corrected chi connectivity index (χ4v) is 0.279. The molecule has 1 heteroatoms. The maximum atomic E-state index is 4.96. The number of hydrogen-bond acceptors (Lipinski definition) is 1. The highest BCUT2D eigenvalue weighted by molar-refractivity contribution is 4.82. The van der Waals surface area contributed by atoms with Crippen molar-refractivity contribution in [3.8, 4) is 12.3 Å². The van der Waals surface area contributed by atoms with Gasteiger partial charge in [0.05, 0.1) is 0 Å². The van der Waals surface area contributed by atoms with Gasteiger partial charge in [0.1, 0.15) is 0 Å². The van der Waals surface area contributed by atoms with Crippen LogP contribution in [-0.2, 0) is 0 Å². The van der Waals surface area contributed by atoms with E-state index in [0.29, 0.717) is 0 Å². The van der Waals surface area contributed by atoms with Gasteiger partial charge in [0, 0.05) is 6.42 Å². The van der Waals surface area contributed by atoms with Crippen molar-refractivity contribution in [2.75, 3.05) is 21.1 Å². The van der Waals surface area contributed by atoms with Gasteiger partial charge in [-0.1, -0.05) is 13.3 Å². The summed E-state index contributed by atoms with van der Waals surface area (Å²) in [5.74, 6) is 2.57. The predicted octanol–water partition coefficient (Wildman–Crippen LogP) is 1.99. The lowest BCUT2D eigenvalue weighted by atomic mass is 10.3. The smallest absolute Gasteiger partial charge is 0.00859 e. The van der Waals surface area contributed by atoms with Crippen molar-refractivity contribution >= 4 is 0 Å². The van der Waals surface area contributed by atoms with E-state index in [4.69, 9.17) is 6.42 Å². The van der Waals surface area contributed by atoms with Crippen molar-refractivity contribution in [3.05, 3.63) is 0 Å². The molecular formula is C9H19N. The summed E-state index contributed by atoms with van der Waals surface area (Å²) in [4.78, 5) is 2.00. The second-order valence-corrected chi connectivity index (χ2v) is 2.65. The Kier molecular flexibility index (Phi) is 13.9. The highest BCUT2D eigenvalue weighted by Gasteiger charge is 1.71. The van der Waals surface area contributed by atoms with Crippen molar-refractivity contribution in [1.29, 1.82) is 0 Å². The van der Waals surface area contributed by atoms with Crippen molar-refractivity contribution in [1.82, 2.24) is 4.90 Å². The minimum Gasteiger partial charge on any atom is -0.312 e. The molecule has 10 heavy (non-hydrogen) atoms. The van der Waals surface area contributed by atoms with Gasteiger partial charge in [0.25, 0.3) is 0 Å². The lowest BCUT2D eigenvalue weighted by molar-refractivity contribution is 0.505. The number of terminal acetylenes is 1. The first-order valence-corrected chi connectivity index (χ1v) is 3.69. The highest BCUT2D eigenvalue weighted by atomic mass is 15.0. The molecule has 0 aromatic carbocycles. The first-order chi connectivity index (χ1) is 4.65. The van der Waals surface area contributed by atoms with E-state index in [0.717, 1.165) is 6.42 Å². The molecule has 0 saturated carbocycles. The van der Waals surface area contributed by atoms with E-state index < -0.39 is 0 Å². The van der Waals surface area contributed by atoms with Crippen LogP contribution < -0.4 is 0 Å². The van der Waals surface area contributed by atoms with Crippen molar-refractivity contribution < 1.29 is 0 Å². The average Bonchev–Trinajstić information content (AvgIpc) is 1.82. The SMILES string of the molecule is C#CCCCC.CN(C)C. The average molecular weight is 141 g/mol. The molecule has 0 radical (unpaired) electrons. The van der Waals surface area contributed by atoms with Crippen LogP contribution in [0.4, 0.5) is 0 Å². The Morgan fingerprint density at radius 2 is 1.70 bits per heavy atom. The first-order valence-electron chi connectivity index (χ1n) is 3.69. The Balaban J connectivity index is 0. The molecule has 0 unspecified atom stereocenters. The Hall–Kier alpha value is -0.480. The van der Waals surface area contributed by atoms with Gasteiger partial charge in [-0.25, -0.2) is 0 Å². The van der Waals surface area contributed by atoms with Crippen molar-refractivity contribution in [3.63, 3.8) is 0 Å². The standard InChI is InChI=1S/C6H10.C3H9N/c1-3-5-6-4-2;1-4(2)3/h1H,4-6H2,2H3;1-3H3. The molecule has 0 bridgehead atoms. The van der Waals surface area contributed by atoms with Crippen LogP contribution in [0.5, 0.6) is 0 Å². The van der Waals surface area contributed by atoms with Gasteiger partial charge in [-0.2, -0.15) is 0 Å². The zero-order valence-corrected chi connectivity index (χ0v) is 7.65. The fourth-order valence-electron chi connectivity index (χ4n) is 0.279. The molecule has 0 aromatic heterocycles. The minimum atomic E-state index is 0.941. The fraction of sp³-hybridized carbons (Fsp3) is 0.778. The zero-order chi connectivity index (χ0) is 8.41. The van der Waals surface area contributed by atoms with Gasteiger partial charge in [-0.05, 0) is 27.6 Å². The number of rotatable bonds is 2. The normalized spacial score (nSPS) is 8.00. The van der Waals surface area contributed by atoms with E-state index in [1.807, 2.05) is 26.0 Å². The summed E-state index contributed by atoms with van der Waals surface area (Å²) < 4.78 is 0. The summed E-state index contributed by atoms with van der Waals surface area (Å²) in [6, 6.07) is 0. The van der Waals surface area contributed by atoms with Gasteiger partial charge < -0.3 is 4.90 Å². The second kappa shape index (κ2) is 11.3. The Morgan fingerprint density at radius 3 is 1.80 bits per heavy atom. The first kappa shape index (κ1) is 12.2. The summed E-state index contributed by atoms with van der Waals surface area (Å²) in [6.07, 6.45) is 8.30. The molecule has 0 spiro atoms. The monoisotopic (exact) mass is 141 g/mol. The molecule has 0 fully saturated rings. The maximum Gasteiger partial charge on any atom is 0.00859 e. The molecule has 0 saturated heterocycles. The third-order valence-corrected chi connectivity index (χ3v) is 0.675. The van der Waals surface area contributed by atoms with Crippen molar-refractivity contribution in [2.45, 2.75) is 26.2 Å². The summed E-state index contributed by atoms with van der Waals surface area (Å²) in [5.41, 5.74) is 0. The summed E-state index contributed by atoms with van der Waals surface area (Å²) in [6.45, 7) is 2.14. The van der Waals surface area contributed by atoms with E-state index in [1.165, 1.54) is 12.8 Å². The quantitative estimate of drug-likeness (QED) is 0.420. The molecule has 0 aromatic rings. The van der Waals surface area contributed by atoms with Gasteiger partial charge in [-0.3, -0.25) is 0 Å². The van der Waals surface area contributed by atoms with E-state index in [2.05, 4.69) is 12.8 Å². The van der Waals surface area contributed by atoms with Crippen LogP contribution in [0, 0.1) is 12.3 Å². The summed E-state index contributed by atoms with van der Waals surface area (Å²) >= 11 is 0. The van der Waals surface area contributed by atoms with E-state index in [-0.39, 0.29) is 0 Å². The van der Waals surface area contributed by atoms with Crippen LogP contribution >= 0.6 is 0 Å². The predicted molar refractivity (Wildman–Crippen MR) is 48.0 cm³/mol. The lowest BCUT2D eigenvalue weighted by Crippen LogP contribution is -1.99. The van der Waals surface area contributed by atoms with Crippen LogP contribution in [0.2, 0.25) is 0 Å². The molecule has 0 rings (SSSR count). The molecule has 0 atom stereocenters.